The molecule has 4 heterocycles. The van der Waals surface area contributed by atoms with Crippen LogP contribution in [0.1, 0.15) is 0 Å². The SMILES string of the molecule is CN(C)c1cc(-c2cnc(-c3ncccn3)nc2)nc(-c2cc(N)ccn2)c1. The molecule has 28 heavy (non-hydrogen) atoms. The number of pyridine rings is 2. The second-order valence-corrected chi connectivity index (χ2v) is 6.33. The summed E-state index contributed by atoms with van der Waals surface area (Å²) in [5.41, 5.74) is 10.5. The summed E-state index contributed by atoms with van der Waals surface area (Å²) in [5.74, 6) is 0.944. The summed E-state index contributed by atoms with van der Waals surface area (Å²) >= 11 is 0. The molecular formula is C20H18N8. The highest BCUT2D eigenvalue weighted by Gasteiger charge is 2.11. The first kappa shape index (κ1) is 17.5. The van der Waals surface area contributed by atoms with Crippen molar-refractivity contribution >= 4 is 11.4 Å². The number of hydrogen-bond donors (Lipinski definition) is 1. The van der Waals surface area contributed by atoms with Gasteiger partial charge in [0.05, 0.1) is 17.1 Å². The van der Waals surface area contributed by atoms with E-state index in [0.717, 1.165) is 22.6 Å². The second-order valence-electron chi connectivity index (χ2n) is 6.33. The molecule has 0 aromatic carbocycles. The topological polar surface area (TPSA) is 107 Å². The lowest BCUT2D eigenvalue weighted by Gasteiger charge is -2.15. The van der Waals surface area contributed by atoms with E-state index < -0.39 is 0 Å². The van der Waals surface area contributed by atoms with Crippen molar-refractivity contribution in [3.63, 3.8) is 0 Å². The van der Waals surface area contributed by atoms with Crippen LogP contribution in [0.4, 0.5) is 11.4 Å². The number of nitrogens with zero attached hydrogens (tertiary/aromatic N) is 7. The van der Waals surface area contributed by atoms with E-state index in [1.807, 2.05) is 31.1 Å². The Labute approximate surface area is 162 Å². The first-order valence-corrected chi connectivity index (χ1v) is 8.61. The van der Waals surface area contributed by atoms with E-state index in [-0.39, 0.29) is 0 Å². The van der Waals surface area contributed by atoms with Crippen molar-refractivity contribution in [2.75, 3.05) is 24.7 Å². The molecule has 2 N–H and O–H groups in total. The zero-order valence-corrected chi connectivity index (χ0v) is 15.5. The van der Waals surface area contributed by atoms with Crippen molar-refractivity contribution in [2.45, 2.75) is 0 Å². The number of anilines is 2. The zero-order chi connectivity index (χ0) is 19.5. The van der Waals surface area contributed by atoms with Gasteiger partial charge in [0.15, 0.2) is 11.6 Å². The van der Waals surface area contributed by atoms with Crippen LogP contribution in [0.15, 0.2) is 61.3 Å². The van der Waals surface area contributed by atoms with Gasteiger partial charge in [0.25, 0.3) is 0 Å². The Morgan fingerprint density at radius 3 is 2.11 bits per heavy atom. The van der Waals surface area contributed by atoms with Gasteiger partial charge in [-0.2, -0.15) is 0 Å². The number of rotatable bonds is 4. The van der Waals surface area contributed by atoms with Crippen LogP contribution in [0.3, 0.4) is 0 Å². The van der Waals surface area contributed by atoms with Gasteiger partial charge in [0.2, 0.25) is 0 Å². The highest BCUT2D eigenvalue weighted by Crippen LogP contribution is 2.27. The molecule has 4 aromatic heterocycles. The van der Waals surface area contributed by atoms with Crippen molar-refractivity contribution in [1.29, 1.82) is 0 Å². The molecule has 0 aliphatic carbocycles. The predicted octanol–water partition coefficient (Wildman–Crippen LogP) is 2.71. The van der Waals surface area contributed by atoms with Gasteiger partial charge in [-0.25, -0.2) is 24.9 Å². The fourth-order valence-corrected chi connectivity index (χ4v) is 2.63. The van der Waals surface area contributed by atoms with Gasteiger partial charge in [0.1, 0.15) is 0 Å². The maximum Gasteiger partial charge on any atom is 0.197 e. The molecule has 0 saturated carbocycles. The van der Waals surface area contributed by atoms with Gasteiger partial charge in [-0.1, -0.05) is 0 Å². The van der Waals surface area contributed by atoms with Crippen molar-refractivity contribution < 1.29 is 0 Å². The summed E-state index contributed by atoms with van der Waals surface area (Å²) in [5, 5.41) is 0. The number of aromatic nitrogens is 6. The number of hydrogen-bond acceptors (Lipinski definition) is 8. The van der Waals surface area contributed by atoms with Crippen LogP contribution in [0.5, 0.6) is 0 Å². The molecule has 8 heteroatoms. The minimum absolute atomic E-state index is 0.464. The third kappa shape index (κ3) is 3.61. The van der Waals surface area contributed by atoms with Crippen LogP contribution in [0.25, 0.3) is 34.3 Å². The van der Waals surface area contributed by atoms with E-state index in [0.29, 0.717) is 23.0 Å². The average Bonchev–Trinajstić information content (AvgIpc) is 2.74. The van der Waals surface area contributed by atoms with Crippen LogP contribution in [0, 0.1) is 0 Å². The monoisotopic (exact) mass is 370 g/mol. The Morgan fingerprint density at radius 2 is 1.43 bits per heavy atom. The fraction of sp³-hybridized carbons (Fsp3) is 0.100. The maximum absolute atomic E-state index is 5.90. The third-order valence-electron chi connectivity index (χ3n) is 4.09. The molecule has 4 rings (SSSR count). The standard InChI is InChI=1S/C20H18N8/c1-28(2)15-9-16(27-18(10-15)17-8-14(21)4-7-22-17)13-11-25-20(26-12-13)19-23-5-3-6-24-19/h3-12H,1-2H3,(H2,21,22). The smallest absolute Gasteiger partial charge is 0.197 e. The van der Waals surface area contributed by atoms with Gasteiger partial charge < -0.3 is 10.6 Å². The fourth-order valence-electron chi connectivity index (χ4n) is 2.63. The van der Waals surface area contributed by atoms with Gasteiger partial charge in [-0.05, 0) is 30.3 Å². The lowest BCUT2D eigenvalue weighted by atomic mass is 10.1. The molecule has 4 aromatic rings. The third-order valence-corrected chi connectivity index (χ3v) is 4.09. The molecule has 0 bridgehead atoms. The van der Waals surface area contributed by atoms with Gasteiger partial charge in [0, 0.05) is 62.0 Å². The van der Waals surface area contributed by atoms with E-state index in [9.17, 15) is 0 Å². The Balaban J connectivity index is 1.76. The normalized spacial score (nSPS) is 10.6. The first-order chi connectivity index (χ1) is 13.6. The lowest BCUT2D eigenvalue weighted by Crippen LogP contribution is -2.09. The Bertz CT molecular complexity index is 1090. The Morgan fingerprint density at radius 1 is 0.750 bits per heavy atom. The van der Waals surface area contributed by atoms with Crippen LogP contribution < -0.4 is 10.6 Å². The van der Waals surface area contributed by atoms with Crippen molar-refractivity contribution in [2.24, 2.45) is 0 Å². The average molecular weight is 370 g/mol. The van der Waals surface area contributed by atoms with Gasteiger partial charge in [-0.15, -0.1) is 0 Å². The molecule has 0 atom stereocenters. The largest absolute Gasteiger partial charge is 0.399 e. The quantitative estimate of drug-likeness (QED) is 0.584. The summed E-state index contributed by atoms with van der Waals surface area (Å²) in [7, 11) is 3.95. The zero-order valence-electron chi connectivity index (χ0n) is 15.5. The van der Waals surface area contributed by atoms with Crippen LogP contribution >= 0.6 is 0 Å². The molecule has 138 valence electrons. The molecule has 0 unspecified atom stereocenters. The van der Waals surface area contributed by atoms with Crippen LogP contribution in [-0.4, -0.2) is 44.0 Å². The molecule has 0 saturated heterocycles. The molecule has 0 aliphatic heterocycles. The van der Waals surface area contributed by atoms with Gasteiger partial charge >= 0.3 is 0 Å². The van der Waals surface area contributed by atoms with Crippen LogP contribution in [0.2, 0.25) is 0 Å². The van der Waals surface area contributed by atoms with E-state index in [1.165, 1.54) is 0 Å². The predicted molar refractivity (Wildman–Crippen MR) is 108 cm³/mol. The van der Waals surface area contributed by atoms with E-state index in [1.54, 1.807) is 49.2 Å². The van der Waals surface area contributed by atoms with E-state index in [2.05, 4.69) is 24.9 Å². The molecule has 8 nitrogen and oxygen atoms in total. The number of nitrogen functional groups attached to an aromatic ring is 1. The molecular weight excluding hydrogens is 352 g/mol. The molecule has 0 aliphatic rings. The molecule has 0 amide bonds. The van der Waals surface area contributed by atoms with Crippen molar-refractivity contribution in [1.82, 2.24) is 29.9 Å². The Kier molecular flexibility index (Phi) is 4.59. The van der Waals surface area contributed by atoms with E-state index >= 15 is 0 Å². The van der Waals surface area contributed by atoms with Crippen LogP contribution in [-0.2, 0) is 0 Å². The summed E-state index contributed by atoms with van der Waals surface area (Å²) in [6.07, 6.45) is 8.43. The summed E-state index contributed by atoms with van der Waals surface area (Å²) in [4.78, 5) is 28.3. The summed E-state index contributed by atoms with van der Waals surface area (Å²) < 4.78 is 0. The highest BCUT2D eigenvalue weighted by molar-refractivity contribution is 5.71. The minimum atomic E-state index is 0.464. The second kappa shape index (κ2) is 7.36. The first-order valence-electron chi connectivity index (χ1n) is 8.61. The summed E-state index contributed by atoms with van der Waals surface area (Å²) in [6.45, 7) is 0. The molecule has 0 spiro atoms. The number of nitrogens with two attached hydrogens (primary N) is 1. The Hall–Kier alpha value is -3.94. The van der Waals surface area contributed by atoms with Crippen molar-refractivity contribution in [3.05, 3.63) is 61.3 Å². The van der Waals surface area contributed by atoms with Gasteiger partial charge in [-0.3, -0.25) is 4.98 Å². The summed E-state index contributed by atoms with van der Waals surface area (Å²) in [6, 6.07) is 9.25. The van der Waals surface area contributed by atoms with E-state index in [4.69, 9.17) is 10.7 Å². The molecule has 0 fully saturated rings. The lowest BCUT2D eigenvalue weighted by molar-refractivity contribution is 1.07. The molecule has 0 radical (unpaired) electrons. The maximum atomic E-state index is 5.90. The minimum Gasteiger partial charge on any atom is -0.399 e. The highest BCUT2D eigenvalue weighted by atomic mass is 15.1. The van der Waals surface area contributed by atoms with Crippen molar-refractivity contribution in [3.8, 4) is 34.3 Å².